The van der Waals surface area contributed by atoms with Crippen LogP contribution in [0.25, 0.3) is 0 Å². The topological polar surface area (TPSA) is 12.0 Å². The van der Waals surface area contributed by atoms with Crippen molar-refractivity contribution in [3.8, 4) is 0 Å². The summed E-state index contributed by atoms with van der Waals surface area (Å²) in [5, 5.41) is 4.93. The van der Waals surface area contributed by atoms with E-state index in [1.165, 1.54) is 12.1 Å². The van der Waals surface area contributed by atoms with Crippen LogP contribution in [0.2, 0.25) is 0 Å². The molecule has 0 aliphatic heterocycles. The zero-order chi connectivity index (χ0) is 13.1. The van der Waals surface area contributed by atoms with Gasteiger partial charge in [0.15, 0.2) is 0 Å². The third-order valence-electron chi connectivity index (χ3n) is 2.76. The second kappa shape index (κ2) is 5.91. The molecule has 0 saturated carbocycles. The van der Waals surface area contributed by atoms with Gasteiger partial charge in [-0.1, -0.05) is 6.07 Å². The normalized spacial score (nSPS) is 12.7. The highest BCUT2D eigenvalue weighted by atomic mass is 79.9. The second-order valence-corrected chi connectivity index (χ2v) is 5.77. The first-order valence-corrected chi connectivity index (χ1v) is 7.13. The minimum atomic E-state index is -0.536. The van der Waals surface area contributed by atoms with Crippen LogP contribution in [0.1, 0.15) is 16.5 Å². The van der Waals surface area contributed by atoms with E-state index in [0.29, 0.717) is 6.42 Å². The Balaban J connectivity index is 2.35. The molecule has 0 bridgehead atoms. The van der Waals surface area contributed by atoms with Gasteiger partial charge in [0.05, 0.1) is 4.47 Å². The van der Waals surface area contributed by atoms with Crippen molar-refractivity contribution < 1.29 is 8.78 Å². The van der Waals surface area contributed by atoms with Gasteiger partial charge in [0, 0.05) is 22.9 Å². The maximum Gasteiger partial charge on any atom is 0.145 e. The Hall–Kier alpha value is -0.780. The average molecular weight is 332 g/mol. The van der Waals surface area contributed by atoms with Crippen LogP contribution in [-0.4, -0.2) is 7.05 Å². The summed E-state index contributed by atoms with van der Waals surface area (Å²) in [6, 6.07) is 6.18. The maximum absolute atomic E-state index is 14.0. The van der Waals surface area contributed by atoms with Crippen molar-refractivity contribution >= 4 is 27.3 Å². The molecule has 0 spiro atoms. The fourth-order valence-electron chi connectivity index (χ4n) is 1.84. The average Bonchev–Trinajstić information content (AvgIpc) is 2.86. The molecule has 1 nitrogen and oxygen atoms in total. The third kappa shape index (κ3) is 2.79. The van der Waals surface area contributed by atoms with Crippen LogP contribution in [0.15, 0.2) is 34.1 Å². The summed E-state index contributed by atoms with van der Waals surface area (Å²) in [4.78, 5) is 1.09. The van der Waals surface area contributed by atoms with Gasteiger partial charge in [-0.25, -0.2) is 8.78 Å². The number of nitrogens with one attached hydrogen (secondary N) is 1. The van der Waals surface area contributed by atoms with E-state index in [0.717, 1.165) is 4.88 Å². The molecular weight excluding hydrogens is 320 g/mol. The van der Waals surface area contributed by atoms with Crippen molar-refractivity contribution in [2.24, 2.45) is 0 Å². The fraction of sp³-hybridized carbons (Fsp3) is 0.231. The van der Waals surface area contributed by atoms with Crippen LogP contribution < -0.4 is 5.32 Å². The van der Waals surface area contributed by atoms with E-state index in [9.17, 15) is 8.78 Å². The third-order valence-corrected chi connectivity index (χ3v) is 4.27. The Labute approximate surface area is 117 Å². The zero-order valence-corrected chi connectivity index (χ0v) is 12.1. The highest BCUT2D eigenvalue weighted by Crippen LogP contribution is 2.29. The molecule has 0 amide bonds. The summed E-state index contributed by atoms with van der Waals surface area (Å²) in [5.74, 6) is -1.06. The van der Waals surface area contributed by atoms with Crippen LogP contribution in [0.4, 0.5) is 8.78 Å². The molecule has 1 N–H and O–H groups in total. The molecule has 0 aliphatic rings. The molecule has 1 aromatic carbocycles. The smallest absolute Gasteiger partial charge is 0.145 e. The Morgan fingerprint density at radius 1 is 1.33 bits per heavy atom. The van der Waals surface area contributed by atoms with Crippen LogP contribution in [-0.2, 0) is 6.42 Å². The molecule has 18 heavy (non-hydrogen) atoms. The standard InChI is InChI=1S/C13H12BrF2NS/c1-17-11(7-8-3-2-6-18-8)12-10(15)5-4-9(14)13(12)16/h2-6,11,17H,7H2,1H3. The summed E-state index contributed by atoms with van der Waals surface area (Å²) in [6.45, 7) is 0. The van der Waals surface area contributed by atoms with E-state index in [1.54, 1.807) is 18.4 Å². The summed E-state index contributed by atoms with van der Waals surface area (Å²) in [5.41, 5.74) is 0.0836. The van der Waals surface area contributed by atoms with Crippen LogP contribution >= 0.6 is 27.3 Å². The summed E-state index contributed by atoms with van der Waals surface area (Å²) >= 11 is 4.67. The van der Waals surface area contributed by atoms with Crippen LogP contribution in [0.3, 0.4) is 0 Å². The summed E-state index contributed by atoms with van der Waals surface area (Å²) in [7, 11) is 1.71. The fourth-order valence-corrected chi connectivity index (χ4v) is 2.94. The Morgan fingerprint density at radius 2 is 2.11 bits per heavy atom. The molecule has 0 saturated heterocycles. The van der Waals surface area contributed by atoms with E-state index in [4.69, 9.17) is 0 Å². The van der Waals surface area contributed by atoms with Gasteiger partial charge in [-0.05, 0) is 46.6 Å². The summed E-state index contributed by atoms with van der Waals surface area (Å²) < 4.78 is 28.1. The molecule has 0 radical (unpaired) electrons. The van der Waals surface area contributed by atoms with Gasteiger partial charge in [-0.3, -0.25) is 0 Å². The van der Waals surface area contributed by atoms with Crippen molar-refractivity contribution in [3.05, 3.63) is 56.2 Å². The van der Waals surface area contributed by atoms with Crippen molar-refractivity contribution in [2.45, 2.75) is 12.5 Å². The van der Waals surface area contributed by atoms with Gasteiger partial charge >= 0.3 is 0 Å². The van der Waals surface area contributed by atoms with Crippen molar-refractivity contribution in [2.75, 3.05) is 7.05 Å². The molecule has 1 heterocycles. The number of benzene rings is 1. The molecule has 2 rings (SSSR count). The first kappa shape index (κ1) is 13.6. The molecule has 5 heteroatoms. The van der Waals surface area contributed by atoms with Gasteiger partial charge in [-0.2, -0.15) is 0 Å². The number of thiophene rings is 1. The van der Waals surface area contributed by atoms with E-state index in [2.05, 4.69) is 21.2 Å². The molecule has 96 valence electrons. The maximum atomic E-state index is 14.0. The molecule has 1 aromatic heterocycles. The van der Waals surface area contributed by atoms with E-state index >= 15 is 0 Å². The van der Waals surface area contributed by atoms with Gasteiger partial charge < -0.3 is 5.32 Å². The molecular formula is C13H12BrF2NS. The van der Waals surface area contributed by atoms with Crippen LogP contribution in [0, 0.1) is 11.6 Å². The number of hydrogen-bond donors (Lipinski definition) is 1. The lowest BCUT2D eigenvalue weighted by molar-refractivity contribution is 0.488. The Morgan fingerprint density at radius 3 is 2.72 bits per heavy atom. The SMILES string of the molecule is CNC(Cc1cccs1)c1c(F)ccc(Br)c1F. The van der Waals surface area contributed by atoms with Crippen molar-refractivity contribution in [1.82, 2.24) is 5.32 Å². The lowest BCUT2D eigenvalue weighted by Gasteiger charge is -2.18. The van der Waals surface area contributed by atoms with Gasteiger partial charge in [0.1, 0.15) is 11.6 Å². The van der Waals surface area contributed by atoms with Gasteiger partial charge in [0.2, 0.25) is 0 Å². The van der Waals surface area contributed by atoms with E-state index in [-0.39, 0.29) is 16.1 Å². The Kier molecular flexibility index (Phi) is 4.48. The molecule has 2 aromatic rings. The van der Waals surface area contributed by atoms with E-state index < -0.39 is 11.6 Å². The highest BCUT2D eigenvalue weighted by molar-refractivity contribution is 9.10. The predicted octanol–water partition coefficient (Wildman–Crippen LogP) is 4.29. The number of halogens is 3. The zero-order valence-electron chi connectivity index (χ0n) is 9.71. The first-order valence-electron chi connectivity index (χ1n) is 5.46. The molecule has 1 atom stereocenters. The van der Waals surface area contributed by atoms with Gasteiger partial charge in [0.25, 0.3) is 0 Å². The minimum Gasteiger partial charge on any atom is -0.313 e. The number of likely N-dealkylation sites (N-methyl/N-ethyl adjacent to an activating group) is 1. The van der Waals surface area contributed by atoms with Crippen LogP contribution in [0.5, 0.6) is 0 Å². The number of hydrogen-bond acceptors (Lipinski definition) is 2. The number of rotatable bonds is 4. The highest BCUT2D eigenvalue weighted by Gasteiger charge is 2.21. The molecule has 1 unspecified atom stereocenters. The second-order valence-electron chi connectivity index (χ2n) is 3.88. The first-order chi connectivity index (χ1) is 8.63. The lowest BCUT2D eigenvalue weighted by Crippen LogP contribution is -2.21. The van der Waals surface area contributed by atoms with E-state index in [1.807, 2.05) is 17.5 Å². The quantitative estimate of drug-likeness (QED) is 0.824. The summed E-state index contributed by atoms with van der Waals surface area (Å²) in [6.07, 6.45) is 0.568. The molecule has 0 aliphatic carbocycles. The Bertz CT molecular complexity index is 528. The van der Waals surface area contributed by atoms with Crippen molar-refractivity contribution in [1.29, 1.82) is 0 Å². The monoisotopic (exact) mass is 331 g/mol. The predicted molar refractivity (Wildman–Crippen MR) is 73.9 cm³/mol. The molecule has 0 fully saturated rings. The van der Waals surface area contributed by atoms with Crippen molar-refractivity contribution in [3.63, 3.8) is 0 Å². The minimum absolute atomic E-state index is 0.0836. The van der Waals surface area contributed by atoms with Gasteiger partial charge in [-0.15, -0.1) is 11.3 Å². The largest absolute Gasteiger partial charge is 0.313 e. The lowest BCUT2D eigenvalue weighted by atomic mass is 10.0.